The molecule has 0 saturated carbocycles. The molecule has 0 heterocycles. The van der Waals surface area contributed by atoms with E-state index < -0.39 is 5.96 Å². The first-order chi connectivity index (χ1) is 11.1. The molecule has 1 rings (SSSR count). The molecular weight excluding hydrogens is 319 g/mol. The monoisotopic (exact) mass is 354 g/mol. The number of allylic oxidation sites excluding steroid dienone is 1. The van der Waals surface area contributed by atoms with Crippen LogP contribution in [0.1, 0.15) is 64.4 Å². The van der Waals surface area contributed by atoms with Crippen LogP contribution in [0.25, 0.3) is 0 Å². The first-order valence-electron chi connectivity index (χ1n) is 9.43. The van der Waals surface area contributed by atoms with Gasteiger partial charge in [-0.1, -0.05) is 0 Å². The molecule has 0 amide bonds. The SMILES string of the molecule is C=CCCCCP(Cl)(CCCC)(CCCC)Cc1ccccc1. The summed E-state index contributed by atoms with van der Waals surface area (Å²) >= 11 is 7.67. The standard InChI is InChI=1S/C21H36ClP/c1-4-7-10-14-19-23(22,17-8-5-2,18-9-6-3)20-21-15-12-11-13-16-21/h4,11-13,15-16H,1,5-10,14,17-20H2,2-3H3. The van der Waals surface area contributed by atoms with E-state index in [1.807, 2.05) is 6.08 Å². The predicted octanol–water partition coefficient (Wildman–Crippen LogP) is 7.85. The van der Waals surface area contributed by atoms with Gasteiger partial charge in [0.2, 0.25) is 0 Å². The van der Waals surface area contributed by atoms with E-state index >= 15 is 0 Å². The van der Waals surface area contributed by atoms with Crippen LogP contribution in [0, 0.1) is 0 Å². The summed E-state index contributed by atoms with van der Waals surface area (Å²) in [6.45, 7) is 8.44. The Balaban J connectivity index is 2.97. The molecule has 0 radical (unpaired) electrons. The van der Waals surface area contributed by atoms with Gasteiger partial charge in [0.05, 0.1) is 0 Å². The zero-order chi connectivity index (χ0) is 17.0. The van der Waals surface area contributed by atoms with E-state index in [1.54, 1.807) is 0 Å². The van der Waals surface area contributed by atoms with Gasteiger partial charge in [-0.3, -0.25) is 0 Å². The molecule has 0 N–H and O–H groups in total. The summed E-state index contributed by atoms with van der Waals surface area (Å²) in [6.07, 6.45) is 15.6. The number of rotatable bonds is 13. The molecule has 0 bridgehead atoms. The summed E-state index contributed by atoms with van der Waals surface area (Å²) in [5, 5.41) is 0. The first kappa shape index (κ1) is 20.7. The summed E-state index contributed by atoms with van der Waals surface area (Å²) in [7, 11) is 0. The summed E-state index contributed by atoms with van der Waals surface area (Å²) < 4.78 is 0. The normalized spacial score (nSPS) is 13.4. The Bertz CT molecular complexity index is 432. The van der Waals surface area contributed by atoms with Gasteiger partial charge in [-0.05, 0) is 0 Å². The summed E-state index contributed by atoms with van der Waals surface area (Å²) in [6, 6.07) is 11.0. The molecule has 0 aliphatic carbocycles. The van der Waals surface area contributed by atoms with Crippen molar-refractivity contribution in [2.45, 2.75) is 65.0 Å². The Morgan fingerprint density at radius 1 is 0.913 bits per heavy atom. The van der Waals surface area contributed by atoms with Crippen molar-refractivity contribution in [2.75, 3.05) is 18.5 Å². The van der Waals surface area contributed by atoms with Gasteiger partial charge >= 0.3 is 149 Å². The molecular formula is C21H36ClP. The van der Waals surface area contributed by atoms with E-state index in [2.05, 4.69) is 50.8 Å². The van der Waals surface area contributed by atoms with Gasteiger partial charge < -0.3 is 0 Å². The minimum absolute atomic E-state index is 1.12. The molecule has 1 aromatic carbocycles. The molecule has 132 valence electrons. The Labute approximate surface area is 149 Å². The molecule has 1 aromatic rings. The molecule has 0 aliphatic rings. The fraction of sp³-hybridized carbons (Fsp3) is 0.619. The molecule has 0 atom stereocenters. The second kappa shape index (κ2) is 10.5. The van der Waals surface area contributed by atoms with E-state index in [0.29, 0.717) is 0 Å². The Kier molecular flexibility index (Phi) is 9.48. The van der Waals surface area contributed by atoms with Crippen molar-refractivity contribution in [2.24, 2.45) is 0 Å². The van der Waals surface area contributed by atoms with Gasteiger partial charge in [-0.2, -0.15) is 0 Å². The molecule has 0 nitrogen and oxygen atoms in total. The molecule has 0 aliphatic heterocycles. The van der Waals surface area contributed by atoms with Crippen LogP contribution in [0.15, 0.2) is 43.0 Å². The van der Waals surface area contributed by atoms with Crippen LogP contribution in [0.2, 0.25) is 0 Å². The van der Waals surface area contributed by atoms with Gasteiger partial charge in [0.1, 0.15) is 0 Å². The fourth-order valence-corrected chi connectivity index (χ4v) is 10.5. The fourth-order valence-electron chi connectivity index (χ4n) is 3.51. The van der Waals surface area contributed by atoms with Gasteiger partial charge in [0, 0.05) is 0 Å². The van der Waals surface area contributed by atoms with E-state index in [0.717, 1.165) is 12.6 Å². The zero-order valence-corrected chi connectivity index (χ0v) is 16.9. The van der Waals surface area contributed by atoms with Gasteiger partial charge in [0.25, 0.3) is 0 Å². The Hall–Kier alpha value is -0.320. The third kappa shape index (κ3) is 7.40. The average molecular weight is 355 g/mol. The van der Waals surface area contributed by atoms with Crippen LogP contribution < -0.4 is 0 Å². The number of unbranched alkanes of at least 4 members (excludes halogenated alkanes) is 4. The van der Waals surface area contributed by atoms with Crippen molar-refractivity contribution in [1.82, 2.24) is 0 Å². The summed E-state index contributed by atoms with van der Waals surface area (Å²) in [4.78, 5) is 0. The maximum atomic E-state index is 7.67. The summed E-state index contributed by atoms with van der Waals surface area (Å²) in [5.41, 5.74) is 1.44. The van der Waals surface area contributed by atoms with Crippen LogP contribution in [0.5, 0.6) is 0 Å². The van der Waals surface area contributed by atoms with Gasteiger partial charge in [0.15, 0.2) is 0 Å². The van der Waals surface area contributed by atoms with E-state index in [-0.39, 0.29) is 0 Å². The van der Waals surface area contributed by atoms with Crippen molar-refractivity contribution in [3.05, 3.63) is 48.6 Å². The van der Waals surface area contributed by atoms with E-state index in [9.17, 15) is 0 Å². The topological polar surface area (TPSA) is 0 Å². The van der Waals surface area contributed by atoms with Crippen LogP contribution in [-0.2, 0) is 6.16 Å². The van der Waals surface area contributed by atoms with Crippen LogP contribution in [0.4, 0.5) is 0 Å². The molecule has 0 spiro atoms. The van der Waals surface area contributed by atoms with Gasteiger partial charge in [-0.15, -0.1) is 0 Å². The van der Waals surface area contributed by atoms with Crippen LogP contribution in [0.3, 0.4) is 0 Å². The third-order valence-electron chi connectivity index (χ3n) is 4.94. The zero-order valence-electron chi connectivity index (χ0n) is 15.3. The van der Waals surface area contributed by atoms with Crippen molar-refractivity contribution in [3.63, 3.8) is 0 Å². The van der Waals surface area contributed by atoms with E-state index in [1.165, 1.54) is 62.6 Å². The third-order valence-corrected chi connectivity index (χ3v) is 12.3. The molecule has 0 saturated heterocycles. The molecule has 0 unspecified atom stereocenters. The second-order valence-corrected chi connectivity index (χ2v) is 15.3. The van der Waals surface area contributed by atoms with Crippen molar-refractivity contribution in [3.8, 4) is 0 Å². The van der Waals surface area contributed by atoms with Crippen LogP contribution >= 0.6 is 17.2 Å². The predicted molar refractivity (Wildman–Crippen MR) is 111 cm³/mol. The quantitative estimate of drug-likeness (QED) is 0.192. The number of benzene rings is 1. The maximum absolute atomic E-state index is 7.67. The molecule has 0 aromatic heterocycles. The molecule has 23 heavy (non-hydrogen) atoms. The Morgan fingerprint density at radius 2 is 1.48 bits per heavy atom. The van der Waals surface area contributed by atoms with Gasteiger partial charge in [-0.25, -0.2) is 0 Å². The summed E-state index contributed by atoms with van der Waals surface area (Å²) in [5.74, 6) is -2.18. The Morgan fingerprint density at radius 3 is 2.00 bits per heavy atom. The number of hydrogen-bond acceptors (Lipinski definition) is 0. The van der Waals surface area contributed by atoms with Crippen molar-refractivity contribution in [1.29, 1.82) is 0 Å². The van der Waals surface area contributed by atoms with E-state index in [4.69, 9.17) is 11.2 Å². The minimum atomic E-state index is -2.18. The second-order valence-electron chi connectivity index (χ2n) is 7.13. The molecule has 2 heteroatoms. The van der Waals surface area contributed by atoms with Crippen LogP contribution in [-0.4, -0.2) is 18.5 Å². The van der Waals surface area contributed by atoms with Crippen molar-refractivity contribution < 1.29 is 0 Å². The molecule has 0 fully saturated rings. The average Bonchev–Trinajstić information content (AvgIpc) is 2.57. The number of hydrogen-bond donors (Lipinski definition) is 0. The van der Waals surface area contributed by atoms with Crippen molar-refractivity contribution >= 4 is 17.2 Å². The first-order valence-corrected chi connectivity index (χ1v) is 13.3. The number of halogens is 1.